The van der Waals surface area contributed by atoms with Gasteiger partial charge in [-0.05, 0) is 31.0 Å². The van der Waals surface area contributed by atoms with Crippen molar-refractivity contribution in [1.82, 2.24) is 4.90 Å². The number of nitrogens with zero attached hydrogens (tertiary/aromatic N) is 1. The number of amides is 1. The minimum absolute atomic E-state index is 0.0143. The molecule has 1 amide bonds. The van der Waals surface area contributed by atoms with Gasteiger partial charge in [-0.25, -0.2) is 4.39 Å². The van der Waals surface area contributed by atoms with E-state index in [1.54, 1.807) is 0 Å². The number of esters is 1. The van der Waals surface area contributed by atoms with Crippen LogP contribution in [-0.2, 0) is 9.53 Å². The van der Waals surface area contributed by atoms with E-state index in [1.807, 2.05) is 0 Å². The maximum atomic E-state index is 13.2. The molecule has 1 saturated carbocycles. The van der Waals surface area contributed by atoms with Gasteiger partial charge >= 0.3 is 5.97 Å². The van der Waals surface area contributed by atoms with Crippen molar-refractivity contribution in [2.75, 3.05) is 13.7 Å². The van der Waals surface area contributed by atoms with Gasteiger partial charge in [0.25, 0.3) is 5.91 Å². The molecule has 2 rings (SSSR count). The molecule has 0 unspecified atom stereocenters. The molecule has 0 bridgehead atoms. The molecule has 21 heavy (non-hydrogen) atoms. The van der Waals surface area contributed by atoms with E-state index in [9.17, 15) is 14.0 Å². The number of benzene rings is 1. The molecule has 0 aliphatic heterocycles. The van der Waals surface area contributed by atoms with Gasteiger partial charge in [0.1, 0.15) is 12.4 Å². The molecule has 1 aliphatic rings. The fourth-order valence-electron chi connectivity index (χ4n) is 2.58. The van der Waals surface area contributed by atoms with E-state index in [1.165, 1.54) is 24.1 Å². The summed E-state index contributed by atoms with van der Waals surface area (Å²) in [4.78, 5) is 25.6. The van der Waals surface area contributed by atoms with Crippen LogP contribution in [0.5, 0.6) is 0 Å². The van der Waals surface area contributed by atoms with Crippen molar-refractivity contribution >= 4 is 23.5 Å². The second kappa shape index (κ2) is 6.89. The Balaban J connectivity index is 2.23. The molecule has 4 nitrogen and oxygen atoms in total. The Hall–Kier alpha value is -1.62. The zero-order valence-corrected chi connectivity index (χ0v) is 12.5. The SMILES string of the molecule is COC(=O)CN(C(=O)c1ccc(F)c(Cl)c1)C1CCCC1. The van der Waals surface area contributed by atoms with E-state index in [4.69, 9.17) is 11.6 Å². The van der Waals surface area contributed by atoms with Gasteiger partial charge in [0.2, 0.25) is 0 Å². The lowest BCUT2D eigenvalue weighted by molar-refractivity contribution is -0.141. The molecule has 1 aromatic rings. The molecule has 114 valence electrons. The molecule has 0 spiro atoms. The van der Waals surface area contributed by atoms with Crippen LogP contribution in [0.15, 0.2) is 18.2 Å². The second-order valence-corrected chi connectivity index (χ2v) is 5.48. The first-order valence-corrected chi connectivity index (χ1v) is 7.23. The van der Waals surface area contributed by atoms with Gasteiger partial charge in [-0.1, -0.05) is 24.4 Å². The topological polar surface area (TPSA) is 46.6 Å². The largest absolute Gasteiger partial charge is 0.468 e. The summed E-state index contributed by atoms with van der Waals surface area (Å²) in [6.45, 7) is -0.102. The summed E-state index contributed by atoms with van der Waals surface area (Å²) in [6.07, 6.45) is 3.77. The fraction of sp³-hybridized carbons (Fsp3) is 0.467. The predicted molar refractivity (Wildman–Crippen MR) is 76.7 cm³/mol. The van der Waals surface area contributed by atoms with Gasteiger partial charge in [-0.15, -0.1) is 0 Å². The van der Waals surface area contributed by atoms with Gasteiger partial charge in [0.15, 0.2) is 0 Å². The highest BCUT2D eigenvalue weighted by Gasteiger charge is 2.29. The molecule has 0 aromatic heterocycles. The Bertz CT molecular complexity index is 544. The maximum absolute atomic E-state index is 13.2. The maximum Gasteiger partial charge on any atom is 0.325 e. The van der Waals surface area contributed by atoms with E-state index in [2.05, 4.69) is 4.74 Å². The van der Waals surface area contributed by atoms with Crippen LogP contribution in [0.2, 0.25) is 5.02 Å². The highest BCUT2D eigenvalue weighted by molar-refractivity contribution is 6.31. The molecule has 0 saturated heterocycles. The van der Waals surface area contributed by atoms with Crippen LogP contribution in [0.4, 0.5) is 4.39 Å². The number of methoxy groups -OCH3 is 1. The number of hydrogen-bond donors (Lipinski definition) is 0. The van der Waals surface area contributed by atoms with Crippen molar-refractivity contribution in [3.8, 4) is 0 Å². The van der Waals surface area contributed by atoms with Crippen LogP contribution in [0, 0.1) is 5.82 Å². The second-order valence-electron chi connectivity index (χ2n) is 5.08. The van der Waals surface area contributed by atoms with Crippen LogP contribution >= 0.6 is 11.6 Å². The molecule has 1 aliphatic carbocycles. The lowest BCUT2D eigenvalue weighted by Gasteiger charge is -2.28. The van der Waals surface area contributed by atoms with Crippen LogP contribution in [0.1, 0.15) is 36.0 Å². The Kier molecular flexibility index (Phi) is 5.17. The van der Waals surface area contributed by atoms with Crippen LogP contribution < -0.4 is 0 Å². The number of hydrogen-bond acceptors (Lipinski definition) is 3. The van der Waals surface area contributed by atoms with Crippen molar-refractivity contribution < 1.29 is 18.7 Å². The van der Waals surface area contributed by atoms with E-state index >= 15 is 0 Å². The average Bonchev–Trinajstić information content (AvgIpc) is 3.00. The van der Waals surface area contributed by atoms with Gasteiger partial charge in [-0.3, -0.25) is 9.59 Å². The summed E-state index contributed by atoms with van der Waals surface area (Å²) in [5.74, 6) is -1.37. The Labute approximate surface area is 127 Å². The van der Waals surface area contributed by atoms with Crippen LogP contribution in [0.3, 0.4) is 0 Å². The number of rotatable bonds is 4. The molecule has 6 heteroatoms. The lowest BCUT2D eigenvalue weighted by Crippen LogP contribution is -2.42. The first-order valence-electron chi connectivity index (χ1n) is 6.85. The van der Waals surface area contributed by atoms with Crippen molar-refractivity contribution in [2.24, 2.45) is 0 Å². The Morgan fingerprint density at radius 3 is 2.62 bits per heavy atom. The fourth-order valence-corrected chi connectivity index (χ4v) is 2.76. The normalized spacial score (nSPS) is 15.0. The molecular formula is C15H17ClFNO3. The molecule has 0 heterocycles. The third-order valence-electron chi connectivity index (χ3n) is 3.72. The van der Waals surface area contributed by atoms with Crippen molar-refractivity contribution in [3.05, 3.63) is 34.6 Å². The third kappa shape index (κ3) is 3.73. The van der Waals surface area contributed by atoms with E-state index in [0.717, 1.165) is 31.7 Å². The zero-order chi connectivity index (χ0) is 15.4. The van der Waals surface area contributed by atoms with Gasteiger partial charge in [-0.2, -0.15) is 0 Å². The monoisotopic (exact) mass is 313 g/mol. The minimum atomic E-state index is -0.575. The smallest absolute Gasteiger partial charge is 0.325 e. The first kappa shape index (κ1) is 15.8. The minimum Gasteiger partial charge on any atom is -0.468 e. The molecule has 0 N–H and O–H groups in total. The number of carbonyl (C=O) groups excluding carboxylic acids is 2. The third-order valence-corrected chi connectivity index (χ3v) is 4.01. The molecule has 1 aromatic carbocycles. The van der Waals surface area contributed by atoms with Gasteiger partial charge < -0.3 is 9.64 Å². The molecule has 0 radical (unpaired) electrons. The van der Waals surface area contributed by atoms with E-state index in [0.29, 0.717) is 0 Å². The Morgan fingerprint density at radius 2 is 2.05 bits per heavy atom. The summed E-state index contributed by atoms with van der Waals surface area (Å²) in [6, 6.07) is 3.84. The highest BCUT2D eigenvalue weighted by Crippen LogP contribution is 2.26. The number of ether oxygens (including phenoxy) is 1. The predicted octanol–water partition coefficient (Wildman–Crippen LogP) is 3.04. The van der Waals surface area contributed by atoms with Crippen molar-refractivity contribution in [1.29, 1.82) is 0 Å². The summed E-state index contributed by atoms with van der Waals surface area (Å²) in [7, 11) is 1.29. The highest BCUT2D eigenvalue weighted by atomic mass is 35.5. The molecule has 1 fully saturated rings. The standard InChI is InChI=1S/C15H17ClFNO3/c1-21-14(19)9-18(11-4-2-3-5-11)15(20)10-6-7-13(17)12(16)8-10/h6-8,11H,2-5,9H2,1H3. The molecular weight excluding hydrogens is 297 g/mol. The van der Waals surface area contributed by atoms with Crippen LogP contribution in [-0.4, -0.2) is 36.5 Å². The van der Waals surface area contributed by atoms with E-state index in [-0.39, 0.29) is 29.1 Å². The quantitative estimate of drug-likeness (QED) is 0.803. The summed E-state index contributed by atoms with van der Waals surface area (Å²) in [5, 5.41) is -0.106. The summed E-state index contributed by atoms with van der Waals surface area (Å²) < 4.78 is 17.8. The van der Waals surface area contributed by atoms with Crippen molar-refractivity contribution in [3.63, 3.8) is 0 Å². The van der Waals surface area contributed by atoms with Gasteiger partial charge in [0, 0.05) is 11.6 Å². The number of carbonyl (C=O) groups is 2. The first-order chi connectivity index (χ1) is 10.0. The van der Waals surface area contributed by atoms with Crippen molar-refractivity contribution in [2.45, 2.75) is 31.7 Å². The zero-order valence-electron chi connectivity index (χ0n) is 11.8. The van der Waals surface area contributed by atoms with Crippen LogP contribution in [0.25, 0.3) is 0 Å². The number of halogens is 2. The summed E-state index contributed by atoms with van der Waals surface area (Å²) >= 11 is 5.72. The lowest BCUT2D eigenvalue weighted by atomic mass is 10.1. The van der Waals surface area contributed by atoms with Gasteiger partial charge in [0.05, 0.1) is 12.1 Å². The summed E-state index contributed by atoms with van der Waals surface area (Å²) in [5.41, 5.74) is 0.275. The average molecular weight is 314 g/mol. The molecule has 0 atom stereocenters. The Morgan fingerprint density at radius 1 is 1.38 bits per heavy atom. The van der Waals surface area contributed by atoms with E-state index < -0.39 is 11.8 Å².